The summed E-state index contributed by atoms with van der Waals surface area (Å²) in [6.45, 7) is 9.35. The Hall–Kier alpha value is -0.0900. The molecule has 1 fully saturated rings. The lowest BCUT2D eigenvalue weighted by Gasteiger charge is -2.34. The number of halogens is 1. The van der Waals surface area contributed by atoms with Crippen molar-refractivity contribution in [2.24, 2.45) is 10.9 Å². The second-order valence-electron chi connectivity index (χ2n) is 7.08. The largest absolute Gasteiger partial charge is 0.381 e. The first-order valence-corrected chi connectivity index (χ1v) is 11.0. The Kier molecular flexibility index (Phi) is 12.3. The van der Waals surface area contributed by atoms with Crippen LogP contribution in [0.4, 0.5) is 0 Å². The first-order valence-electron chi connectivity index (χ1n) is 9.10. The van der Waals surface area contributed by atoms with E-state index in [0.29, 0.717) is 32.0 Å². The zero-order valence-electron chi connectivity index (χ0n) is 16.1. The van der Waals surface area contributed by atoms with E-state index in [1.54, 1.807) is 0 Å². The standard InChI is InChI=1S/C17H35N3O3S.HI/c1-5-18-16(19-11-7-6-8-15(2)3)20-14-17(24(4,21)22)9-12-23-13-10-17;/h15H,5-14H2,1-4H3,(H2,18,19,20);1H. The van der Waals surface area contributed by atoms with Crippen LogP contribution in [0, 0.1) is 5.92 Å². The van der Waals surface area contributed by atoms with Gasteiger partial charge in [0.25, 0.3) is 0 Å². The van der Waals surface area contributed by atoms with Crippen LogP contribution in [-0.4, -0.2) is 58.2 Å². The number of guanidine groups is 1. The summed E-state index contributed by atoms with van der Waals surface area (Å²) < 4.78 is 29.1. The fourth-order valence-corrected chi connectivity index (χ4v) is 4.05. The van der Waals surface area contributed by atoms with Crippen molar-refractivity contribution in [3.8, 4) is 0 Å². The number of aliphatic imine (C=N–C) groups is 1. The van der Waals surface area contributed by atoms with E-state index < -0.39 is 14.6 Å². The highest BCUT2D eigenvalue weighted by molar-refractivity contribution is 14.0. The average molecular weight is 489 g/mol. The maximum Gasteiger partial charge on any atom is 0.191 e. The Balaban J connectivity index is 0.00000576. The molecular formula is C17H36IN3O3S. The summed E-state index contributed by atoms with van der Waals surface area (Å²) in [5.74, 6) is 1.44. The number of hydrogen-bond acceptors (Lipinski definition) is 4. The van der Waals surface area contributed by atoms with Gasteiger partial charge in [0.2, 0.25) is 0 Å². The Morgan fingerprint density at radius 1 is 1.20 bits per heavy atom. The molecule has 25 heavy (non-hydrogen) atoms. The van der Waals surface area contributed by atoms with Gasteiger partial charge in [-0.25, -0.2) is 8.42 Å². The highest BCUT2D eigenvalue weighted by atomic mass is 127. The smallest absolute Gasteiger partial charge is 0.191 e. The summed E-state index contributed by atoms with van der Waals surface area (Å²) in [7, 11) is -3.18. The predicted molar refractivity (Wildman–Crippen MR) is 116 cm³/mol. The molecule has 150 valence electrons. The third kappa shape index (κ3) is 8.90. The number of nitrogens with one attached hydrogen (secondary N) is 2. The zero-order chi connectivity index (χ0) is 18.1. The van der Waals surface area contributed by atoms with Gasteiger partial charge in [0.05, 0.1) is 11.3 Å². The molecule has 8 heteroatoms. The first kappa shape index (κ1) is 24.9. The molecule has 0 aliphatic carbocycles. The molecular weight excluding hydrogens is 453 g/mol. The minimum atomic E-state index is -3.18. The van der Waals surface area contributed by atoms with Gasteiger partial charge in [0, 0.05) is 32.6 Å². The lowest BCUT2D eigenvalue weighted by Crippen LogP contribution is -2.47. The monoisotopic (exact) mass is 489 g/mol. The van der Waals surface area contributed by atoms with Gasteiger partial charge >= 0.3 is 0 Å². The molecule has 1 heterocycles. The Morgan fingerprint density at radius 3 is 2.36 bits per heavy atom. The van der Waals surface area contributed by atoms with Gasteiger partial charge in [-0.05, 0) is 32.1 Å². The number of sulfone groups is 1. The molecule has 0 aromatic carbocycles. The van der Waals surface area contributed by atoms with Crippen LogP contribution >= 0.6 is 24.0 Å². The highest BCUT2D eigenvalue weighted by Crippen LogP contribution is 2.29. The quantitative estimate of drug-likeness (QED) is 0.225. The Bertz CT molecular complexity index is 489. The van der Waals surface area contributed by atoms with Gasteiger partial charge in [-0.2, -0.15) is 0 Å². The van der Waals surface area contributed by atoms with E-state index in [1.807, 2.05) is 6.92 Å². The van der Waals surface area contributed by atoms with Crippen LogP contribution < -0.4 is 10.6 Å². The number of nitrogens with zero attached hydrogens (tertiary/aromatic N) is 1. The number of hydrogen-bond donors (Lipinski definition) is 2. The SMILES string of the molecule is CCNC(=NCC1(S(C)(=O)=O)CCOCC1)NCCCCC(C)C.I. The molecule has 0 unspecified atom stereocenters. The van der Waals surface area contributed by atoms with Crippen LogP contribution in [0.3, 0.4) is 0 Å². The summed E-state index contributed by atoms with van der Waals surface area (Å²) in [4.78, 5) is 4.57. The minimum Gasteiger partial charge on any atom is -0.381 e. The lowest BCUT2D eigenvalue weighted by atomic mass is 9.99. The van der Waals surface area contributed by atoms with Crippen molar-refractivity contribution < 1.29 is 13.2 Å². The van der Waals surface area contributed by atoms with Gasteiger partial charge in [-0.3, -0.25) is 4.99 Å². The summed E-state index contributed by atoms with van der Waals surface area (Å²) in [5.41, 5.74) is 0. The number of unbranched alkanes of at least 4 members (excludes halogenated alkanes) is 1. The van der Waals surface area contributed by atoms with Crippen LogP contribution in [0.25, 0.3) is 0 Å². The molecule has 0 amide bonds. The first-order chi connectivity index (χ1) is 11.3. The molecule has 2 N–H and O–H groups in total. The molecule has 6 nitrogen and oxygen atoms in total. The fourth-order valence-electron chi connectivity index (χ4n) is 2.84. The molecule has 1 saturated heterocycles. The lowest BCUT2D eigenvalue weighted by molar-refractivity contribution is 0.0768. The molecule has 0 bridgehead atoms. The second kappa shape index (κ2) is 12.3. The molecule has 0 aromatic heterocycles. The summed E-state index contributed by atoms with van der Waals surface area (Å²) in [6.07, 6.45) is 5.86. The van der Waals surface area contributed by atoms with E-state index >= 15 is 0 Å². The average Bonchev–Trinajstić information content (AvgIpc) is 2.51. The molecule has 0 spiro atoms. The minimum absolute atomic E-state index is 0. The second-order valence-corrected chi connectivity index (χ2v) is 9.49. The van der Waals surface area contributed by atoms with Crippen molar-refractivity contribution in [2.45, 2.75) is 57.6 Å². The van der Waals surface area contributed by atoms with E-state index in [-0.39, 0.29) is 30.5 Å². The molecule has 1 aliphatic rings. The molecule has 0 aromatic rings. The van der Waals surface area contributed by atoms with E-state index in [4.69, 9.17) is 4.74 Å². The normalized spacial score (nSPS) is 17.9. The number of rotatable bonds is 9. The van der Waals surface area contributed by atoms with Crippen molar-refractivity contribution in [3.63, 3.8) is 0 Å². The van der Waals surface area contributed by atoms with Crippen LogP contribution in [0.2, 0.25) is 0 Å². The van der Waals surface area contributed by atoms with E-state index in [2.05, 4.69) is 29.5 Å². The summed E-state index contributed by atoms with van der Waals surface area (Å²) >= 11 is 0. The van der Waals surface area contributed by atoms with Gasteiger partial charge < -0.3 is 15.4 Å². The molecule has 1 aliphatic heterocycles. The maximum atomic E-state index is 12.3. The van der Waals surface area contributed by atoms with E-state index in [1.165, 1.54) is 19.1 Å². The third-order valence-electron chi connectivity index (χ3n) is 4.56. The van der Waals surface area contributed by atoms with Gasteiger partial charge in [-0.1, -0.05) is 26.7 Å². The third-order valence-corrected chi connectivity index (χ3v) is 6.67. The van der Waals surface area contributed by atoms with Gasteiger partial charge in [0.1, 0.15) is 0 Å². The van der Waals surface area contributed by atoms with E-state index in [0.717, 1.165) is 25.4 Å². The van der Waals surface area contributed by atoms with Crippen molar-refractivity contribution >= 4 is 39.8 Å². The van der Waals surface area contributed by atoms with Crippen molar-refractivity contribution in [2.75, 3.05) is 39.1 Å². The number of ether oxygens (including phenoxy) is 1. The Labute approximate surface area is 170 Å². The fraction of sp³-hybridized carbons (Fsp3) is 0.941. The molecule has 1 rings (SSSR count). The molecule has 0 radical (unpaired) electrons. The topological polar surface area (TPSA) is 79.8 Å². The maximum absolute atomic E-state index is 12.3. The van der Waals surface area contributed by atoms with Crippen LogP contribution in [-0.2, 0) is 14.6 Å². The Morgan fingerprint density at radius 2 is 1.84 bits per heavy atom. The van der Waals surface area contributed by atoms with Crippen LogP contribution in [0.5, 0.6) is 0 Å². The summed E-state index contributed by atoms with van der Waals surface area (Å²) in [6, 6.07) is 0. The van der Waals surface area contributed by atoms with Gasteiger partial charge in [0.15, 0.2) is 15.8 Å². The van der Waals surface area contributed by atoms with Crippen LogP contribution in [0.1, 0.15) is 52.9 Å². The van der Waals surface area contributed by atoms with Crippen molar-refractivity contribution in [3.05, 3.63) is 0 Å². The van der Waals surface area contributed by atoms with Gasteiger partial charge in [-0.15, -0.1) is 24.0 Å². The zero-order valence-corrected chi connectivity index (χ0v) is 19.3. The van der Waals surface area contributed by atoms with E-state index in [9.17, 15) is 8.42 Å². The highest BCUT2D eigenvalue weighted by Gasteiger charge is 2.42. The van der Waals surface area contributed by atoms with Crippen molar-refractivity contribution in [1.29, 1.82) is 0 Å². The van der Waals surface area contributed by atoms with Crippen LogP contribution in [0.15, 0.2) is 4.99 Å². The molecule has 0 saturated carbocycles. The van der Waals surface area contributed by atoms with Crippen molar-refractivity contribution in [1.82, 2.24) is 10.6 Å². The molecule has 0 atom stereocenters. The predicted octanol–water partition coefficient (Wildman–Crippen LogP) is 2.58. The summed E-state index contributed by atoms with van der Waals surface area (Å²) in [5, 5.41) is 6.52.